The van der Waals surface area contributed by atoms with E-state index in [1.165, 1.54) is 0 Å². The third-order valence-corrected chi connectivity index (χ3v) is 3.10. The van der Waals surface area contributed by atoms with Gasteiger partial charge in [-0.1, -0.05) is 0 Å². The Bertz CT molecular complexity index is 374. The third kappa shape index (κ3) is 2.24. The molecule has 1 aliphatic heterocycles. The molecule has 0 aliphatic carbocycles. The fourth-order valence-electron chi connectivity index (χ4n) is 2.20. The Balaban J connectivity index is 1.97. The number of aryl methyl sites for hydroxylation is 1. The van der Waals surface area contributed by atoms with Crippen LogP contribution in [0.4, 0.5) is 0 Å². The summed E-state index contributed by atoms with van der Waals surface area (Å²) in [5.74, 6) is 0.665. The van der Waals surface area contributed by atoms with Crippen LogP contribution in [0.1, 0.15) is 23.2 Å². The maximum absolute atomic E-state index is 12.1. The van der Waals surface area contributed by atoms with Crippen LogP contribution >= 0.6 is 0 Å². The molecule has 2 rings (SSSR count). The molecule has 5 nitrogen and oxygen atoms in total. The largest absolute Gasteiger partial charge is 0.338 e. The van der Waals surface area contributed by atoms with Gasteiger partial charge >= 0.3 is 0 Å². The summed E-state index contributed by atoms with van der Waals surface area (Å²) < 4.78 is 1.65. The SMILES string of the molecule is Cn1cc(C(=O)N2CCC(CCN)C2)cn1. The second-order valence-electron chi connectivity index (χ2n) is 4.39. The quantitative estimate of drug-likeness (QED) is 0.796. The van der Waals surface area contributed by atoms with Crippen LogP contribution in [0.2, 0.25) is 0 Å². The molecule has 2 heterocycles. The van der Waals surface area contributed by atoms with Gasteiger partial charge in [0.2, 0.25) is 0 Å². The van der Waals surface area contributed by atoms with E-state index in [4.69, 9.17) is 5.73 Å². The summed E-state index contributed by atoms with van der Waals surface area (Å²) in [6.45, 7) is 2.39. The molecule has 1 fully saturated rings. The van der Waals surface area contributed by atoms with Crippen molar-refractivity contribution in [3.63, 3.8) is 0 Å². The van der Waals surface area contributed by atoms with E-state index in [9.17, 15) is 4.79 Å². The number of carbonyl (C=O) groups is 1. The lowest BCUT2D eigenvalue weighted by molar-refractivity contribution is 0.0786. The van der Waals surface area contributed by atoms with E-state index in [-0.39, 0.29) is 5.91 Å². The van der Waals surface area contributed by atoms with Gasteiger partial charge in [-0.15, -0.1) is 0 Å². The summed E-state index contributed by atoms with van der Waals surface area (Å²) in [6, 6.07) is 0. The Kier molecular flexibility index (Phi) is 3.24. The monoisotopic (exact) mass is 222 g/mol. The van der Waals surface area contributed by atoms with Crippen molar-refractivity contribution in [1.82, 2.24) is 14.7 Å². The highest BCUT2D eigenvalue weighted by Gasteiger charge is 2.26. The molecule has 2 N–H and O–H groups in total. The molecule has 5 heteroatoms. The zero-order valence-electron chi connectivity index (χ0n) is 9.59. The van der Waals surface area contributed by atoms with Gasteiger partial charge in [0.15, 0.2) is 0 Å². The fourth-order valence-corrected chi connectivity index (χ4v) is 2.20. The Morgan fingerprint density at radius 3 is 3.12 bits per heavy atom. The highest BCUT2D eigenvalue weighted by atomic mass is 16.2. The molecule has 0 aromatic carbocycles. The van der Waals surface area contributed by atoms with Crippen molar-refractivity contribution in [2.75, 3.05) is 19.6 Å². The highest BCUT2D eigenvalue weighted by molar-refractivity contribution is 5.93. The number of nitrogens with two attached hydrogens (primary N) is 1. The van der Waals surface area contributed by atoms with Crippen LogP contribution in [0.3, 0.4) is 0 Å². The fraction of sp³-hybridized carbons (Fsp3) is 0.636. The van der Waals surface area contributed by atoms with Gasteiger partial charge in [0, 0.05) is 26.3 Å². The summed E-state index contributed by atoms with van der Waals surface area (Å²) in [5.41, 5.74) is 6.20. The molecular formula is C11H18N4O. The van der Waals surface area contributed by atoms with E-state index in [0.29, 0.717) is 18.0 Å². The van der Waals surface area contributed by atoms with Crippen LogP contribution in [-0.4, -0.2) is 40.2 Å². The minimum absolute atomic E-state index is 0.0904. The van der Waals surface area contributed by atoms with Crippen molar-refractivity contribution < 1.29 is 4.79 Å². The second-order valence-corrected chi connectivity index (χ2v) is 4.39. The van der Waals surface area contributed by atoms with E-state index in [1.54, 1.807) is 17.1 Å². The minimum Gasteiger partial charge on any atom is -0.338 e. The van der Waals surface area contributed by atoms with Crippen LogP contribution in [0.15, 0.2) is 12.4 Å². The highest BCUT2D eigenvalue weighted by Crippen LogP contribution is 2.20. The molecule has 1 amide bonds. The first-order valence-corrected chi connectivity index (χ1v) is 5.68. The van der Waals surface area contributed by atoms with Crippen molar-refractivity contribution in [3.05, 3.63) is 18.0 Å². The number of hydrogen-bond donors (Lipinski definition) is 1. The zero-order chi connectivity index (χ0) is 11.5. The van der Waals surface area contributed by atoms with Crippen LogP contribution in [0.25, 0.3) is 0 Å². The number of aromatic nitrogens is 2. The zero-order valence-corrected chi connectivity index (χ0v) is 9.59. The van der Waals surface area contributed by atoms with Crippen molar-refractivity contribution in [2.24, 2.45) is 18.7 Å². The lowest BCUT2D eigenvalue weighted by atomic mass is 10.1. The number of likely N-dealkylation sites (tertiary alicyclic amines) is 1. The summed E-state index contributed by atoms with van der Waals surface area (Å²) in [7, 11) is 1.82. The van der Waals surface area contributed by atoms with Crippen molar-refractivity contribution in [1.29, 1.82) is 0 Å². The van der Waals surface area contributed by atoms with Crippen LogP contribution in [0, 0.1) is 5.92 Å². The number of nitrogens with zero attached hydrogens (tertiary/aromatic N) is 3. The molecule has 1 aromatic rings. The number of rotatable bonds is 3. The van der Waals surface area contributed by atoms with Crippen molar-refractivity contribution >= 4 is 5.91 Å². The molecule has 0 radical (unpaired) electrons. The minimum atomic E-state index is 0.0904. The Morgan fingerprint density at radius 2 is 2.50 bits per heavy atom. The van der Waals surface area contributed by atoms with Crippen LogP contribution in [-0.2, 0) is 7.05 Å². The number of amides is 1. The van der Waals surface area contributed by atoms with Crippen molar-refractivity contribution in [2.45, 2.75) is 12.8 Å². The topological polar surface area (TPSA) is 64.2 Å². The Hall–Kier alpha value is -1.36. The van der Waals surface area contributed by atoms with E-state index in [2.05, 4.69) is 5.10 Å². The molecule has 1 unspecified atom stereocenters. The van der Waals surface area contributed by atoms with E-state index in [1.807, 2.05) is 11.9 Å². The normalized spacial score (nSPS) is 20.4. The first kappa shape index (κ1) is 11.1. The second kappa shape index (κ2) is 4.65. The lowest BCUT2D eigenvalue weighted by Crippen LogP contribution is -2.28. The van der Waals surface area contributed by atoms with Gasteiger partial charge in [0.1, 0.15) is 0 Å². The van der Waals surface area contributed by atoms with Crippen LogP contribution in [0.5, 0.6) is 0 Å². The maximum Gasteiger partial charge on any atom is 0.257 e. The predicted octanol–water partition coefficient (Wildman–Crippen LogP) is 0.231. The van der Waals surface area contributed by atoms with Gasteiger partial charge in [-0.2, -0.15) is 5.10 Å². The molecule has 88 valence electrons. The lowest BCUT2D eigenvalue weighted by Gasteiger charge is -2.15. The predicted molar refractivity (Wildman–Crippen MR) is 60.9 cm³/mol. The summed E-state index contributed by atoms with van der Waals surface area (Å²) in [6.07, 6.45) is 5.47. The Morgan fingerprint density at radius 1 is 1.69 bits per heavy atom. The average Bonchev–Trinajstić information content (AvgIpc) is 2.87. The van der Waals surface area contributed by atoms with Gasteiger partial charge in [-0.25, -0.2) is 0 Å². The van der Waals surface area contributed by atoms with Gasteiger partial charge in [0.25, 0.3) is 5.91 Å². The van der Waals surface area contributed by atoms with Crippen LogP contribution < -0.4 is 5.73 Å². The first-order chi connectivity index (χ1) is 7.70. The van der Waals surface area contributed by atoms with Gasteiger partial charge in [-0.3, -0.25) is 9.48 Å². The van der Waals surface area contributed by atoms with Gasteiger partial charge in [0.05, 0.1) is 11.8 Å². The van der Waals surface area contributed by atoms with Crippen molar-refractivity contribution in [3.8, 4) is 0 Å². The molecule has 0 spiro atoms. The number of carbonyl (C=O) groups excluding carboxylic acids is 1. The maximum atomic E-state index is 12.1. The molecule has 0 saturated carbocycles. The summed E-state index contributed by atoms with van der Waals surface area (Å²) >= 11 is 0. The molecule has 1 saturated heterocycles. The molecule has 1 aliphatic rings. The van der Waals surface area contributed by atoms with Gasteiger partial charge < -0.3 is 10.6 Å². The summed E-state index contributed by atoms with van der Waals surface area (Å²) in [4.78, 5) is 14.0. The molecular weight excluding hydrogens is 204 g/mol. The molecule has 16 heavy (non-hydrogen) atoms. The van der Waals surface area contributed by atoms with E-state index >= 15 is 0 Å². The number of hydrogen-bond acceptors (Lipinski definition) is 3. The smallest absolute Gasteiger partial charge is 0.257 e. The van der Waals surface area contributed by atoms with E-state index < -0.39 is 0 Å². The van der Waals surface area contributed by atoms with E-state index in [0.717, 1.165) is 25.9 Å². The Labute approximate surface area is 95.2 Å². The summed E-state index contributed by atoms with van der Waals surface area (Å²) in [5, 5.41) is 4.01. The van der Waals surface area contributed by atoms with Gasteiger partial charge in [-0.05, 0) is 25.3 Å². The average molecular weight is 222 g/mol. The first-order valence-electron chi connectivity index (χ1n) is 5.68. The standard InChI is InChI=1S/C11H18N4O/c1-14-8-10(6-13-14)11(16)15-5-3-9(7-15)2-4-12/h6,8-9H,2-5,7,12H2,1H3. The molecule has 1 atom stereocenters. The molecule has 1 aromatic heterocycles. The third-order valence-electron chi connectivity index (χ3n) is 3.10. The molecule has 0 bridgehead atoms.